The van der Waals surface area contributed by atoms with Crippen molar-refractivity contribution in [2.24, 2.45) is 0 Å². The van der Waals surface area contributed by atoms with E-state index < -0.39 is 85.2 Å². The molecule has 2 aromatic rings. The zero-order valence-corrected chi connectivity index (χ0v) is 31.6. The second-order valence-corrected chi connectivity index (χ2v) is 12.4. The monoisotopic (exact) mass is 772 g/mol. The number of benzene rings is 2. The van der Waals surface area contributed by atoms with E-state index in [0.29, 0.717) is 28.2 Å². The Morgan fingerprint density at radius 2 is 1.25 bits per heavy atom. The molecule has 17 heteroatoms. The Kier molecular flexibility index (Phi) is 14.4. The lowest BCUT2D eigenvalue weighted by atomic mass is 9.90. The van der Waals surface area contributed by atoms with Gasteiger partial charge < -0.3 is 52.1 Å². The molecule has 55 heavy (non-hydrogen) atoms. The molecule has 0 radical (unpaired) electrons. The van der Waals surface area contributed by atoms with Crippen LogP contribution in [0.3, 0.4) is 0 Å². The maximum atomic E-state index is 12.3. The summed E-state index contributed by atoms with van der Waals surface area (Å²) in [6.07, 6.45) is -4.34. The molecule has 1 fully saturated rings. The summed E-state index contributed by atoms with van der Waals surface area (Å²) < 4.78 is 62.2. The summed E-state index contributed by atoms with van der Waals surface area (Å²) in [6, 6.07) is 8.45. The highest BCUT2D eigenvalue weighted by atomic mass is 16.7. The summed E-state index contributed by atoms with van der Waals surface area (Å²) in [5.41, 5.74) is 1.98. The van der Waals surface area contributed by atoms with Crippen molar-refractivity contribution in [2.45, 2.75) is 84.3 Å². The summed E-state index contributed by atoms with van der Waals surface area (Å²) in [7, 11) is 2.87. The van der Waals surface area contributed by atoms with Crippen LogP contribution in [0.5, 0.6) is 23.0 Å². The van der Waals surface area contributed by atoms with Gasteiger partial charge in [0.15, 0.2) is 35.2 Å². The lowest BCUT2D eigenvalue weighted by Gasteiger charge is -2.44. The van der Waals surface area contributed by atoms with Crippen LogP contribution in [-0.2, 0) is 61.9 Å². The van der Waals surface area contributed by atoms with Crippen LogP contribution in [0.4, 0.5) is 0 Å². The molecule has 2 heterocycles. The summed E-state index contributed by atoms with van der Waals surface area (Å²) >= 11 is 0. The molecular formula is C38H44O17. The second-order valence-electron chi connectivity index (χ2n) is 12.4. The third-order valence-corrected chi connectivity index (χ3v) is 8.20. The van der Waals surface area contributed by atoms with E-state index in [-0.39, 0.29) is 24.7 Å². The van der Waals surface area contributed by atoms with Crippen LogP contribution < -0.4 is 18.9 Å². The van der Waals surface area contributed by atoms with E-state index in [0.717, 1.165) is 20.8 Å². The molecule has 0 bridgehead atoms. The topological polar surface area (TPSA) is 204 Å². The van der Waals surface area contributed by atoms with Crippen LogP contribution in [0.15, 0.2) is 36.4 Å². The number of fused-ring (bicyclic) bond motifs is 1. The number of methoxy groups -OCH3 is 2. The molecular weight excluding hydrogens is 728 g/mol. The first kappa shape index (κ1) is 41.9. The third-order valence-electron chi connectivity index (χ3n) is 8.20. The van der Waals surface area contributed by atoms with E-state index in [2.05, 4.69) is 0 Å². The summed E-state index contributed by atoms with van der Waals surface area (Å²) in [5, 5.41) is 0. The van der Waals surface area contributed by atoms with Crippen LogP contribution in [0.2, 0.25) is 0 Å². The summed E-state index contributed by atoms with van der Waals surface area (Å²) in [5.74, 6) is -3.38. The second kappa shape index (κ2) is 19.0. The zero-order valence-electron chi connectivity index (χ0n) is 31.6. The summed E-state index contributed by atoms with van der Waals surface area (Å²) in [4.78, 5) is 71.6. The fourth-order valence-corrected chi connectivity index (χ4v) is 6.07. The quantitative estimate of drug-likeness (QED) is 0.188. The number of carbonyl (C=O) groups excluding carboxylic acids is 6. The van der Waals surface area contributed by atoms with Gasteiger partial charge in [0.25, 0.3) is 0 Å². The van der Waals surface area contributed by atoms with E-state index in [1.165, 1.54) is 41.1 Å². The van der Waals surface area contributed by atoms with Crippen molar-refractivity contribution in [3.05, 3.63) is 53.1 Å². The van der Waals surface area contributed by atoms with Gasteiger partial charge in [0.2, 0.25) is 12.4 Å². The zero-order chi connectivity index (χ0) is 40.4. The Labute approximate surface area is 316 Å². The minimum atomic E-state index is -1.51. The van der Waals surface area contributed by atoms with Crippen LogP contribution in [0.25, 0.3) is 6.08 Å². The molecule has 0 aromatic heterocycles. The van der Waals surface area contributed by atoms with Crippen molar-refractivity contribution < 1.29 is 80.9 Å². The standard InChI is InChI=1S/C38H44O17/c1-19(39)47-13-9-10-25-14-27-28(17-48-20(2)40)33(55-34(27)31(15-25)46-8)26-11-12-29(30(16-26)45-7)53-38-37(52-24(6)44)36(51-23(5)43)35(50-22(4)42)32(54-38)18-49-21(3)41/h9-12,14-16,28,32-33,35-38H,13,17-18H2,1-8H3/b10-9+/t28-,32+,33+,35+,36-,37+,38+/m0/s1. The smallest absolute Gasteiger partial charge is 0.303 e. The van der Waals surface area contributed by atoms with Gasteiger partial charge in [-0.1, -0.05) is 12.1 Å². The van der Waals surface area contributed by atoms with Gasteiger partial charge in [-0.15, -0.1) is 0 Å². The van der Waals surface area contributed by atoms with Gasteiger partial charge in [-0.2, -0.15) is 0 Å². The van der Waals surface area contributed by atoms with Crippen molar-refractivity contribution in [1.82, 2.24) is 0 Å². The number of carbonyl (C=O) groups is 6. The Morgan fingerprint density at radius 3 is 1.85 bits per heavy atom. The highest BCUT2D eigenvalue weighted by molar-refractivity contribution is 5.69. The van der Waals surface area contributed by atoms with Crippen molar-refractivity contribution >= 4 is 41.9 Å². The van der Waals surface area contributed by atoms with Crippen molar-refractivity contribution in [2.75, 3.05) is 34.0 Å². The van der Waals surface area contributed by atoms with Gasteiger partial charge in [0.1, 0.15) is 32.0 Å². The Bertz CT molecular complexity index is 1780. The lowest BCUT2D eigenvalue weighted by Crippen LogP contribution is -2.63. The first-order valence-corrected chi connectivity index (χ1v) is 17.1. The van der Waals surface area contributed by atoms with Crippen molar-refractivity contribution in [3.63, 3.8) is 0 Å². The fraction of sp³-hybridized carbons (Fsp3) is 0.474. The number of hydrogen-bond donors (Lipinski definition) is 0. The van der Waals surface area contributed by atoms with Crippen molar-refractivity contribution in [3.8, 4) is 23.0 Å². The van der Waals surface area contributed by atoms with Crippen LogP contribution in [-0.4, -0.2) is 101 Å². The Morgan fingerprint density at radius 1 is 0.655 bits per heavy atom. The number of rotatable bonds is 15. The molecule has 2 aliphatic heterocycles. The van der Waals surface area contributed by atoms with E-state index in [1.807, 2.05) is 6.07 Å². The van der Waals surface area contributed by atoms with E-state index in [9.17, 15) is 28.8 Å². The van der Waals surface area contributed by atoms with Gasteiger partial charge in [-0.3, -0.25) is 28.8 Å². The van der Waals surface area contributed by atoms with Gasteiger partial charge in [0, 0.05) is 47.1 Å². The molecule has 0 N–H and O–H groups in total. The number of hydrogen-bond acceptors (Lipinski definition) is 17. The van der Waals surface area contributed by atoms with Gasteiger partial charge in [-0.25, -0.2) is 0 Å². The molecule has 298 valence electrons. The third kappa shape index (κ3) is 11.1. The molecule has 2 aliphatic rings. The lowest BCUT2D eigenvalue weighted by molar-refractivity contribution is -0.288. The molecule has 17 nitrogen and oxygen atoms in total. The molecule has 4 rings (SSSR count). The average molecular weight is 773 g/mol. The molecule has 1 saturated heterocycles. The van der Waals surface area contributed by atoms with E-state index in [1.54, 1.807) is 30.4 Å². The van der Waals surface area contributed by atoms with Gasteiger partial charge in [0.05, 0.1) is 20.1 Å². The highest BCUT2D eigenvalue weighted by Gasteiger charge is 2.53. The molecule has 0 aliphatic carbocycles. The normalized spacial score (nSPS) is 22.7. The van der Waals surface area contributed by atoms with Crippen LogP contribution in [0.1, 0.15) is 70.3 Å². The predicted octanol–water partition coefficient (Wildman–Crippen LogP) is 3.52. The largest absolute Gasteiger partial charge is 0.493 e. The molecule has 0 spiro atoms. The van der Waals surface area contributed by atoms with Crippen LogP contribution >= 0.6 is 0 Å². The number of esters is 6. The first-order valence-electron chi connectivity index (χ1n) is 17.1. The SMILES string of the molecule is COc1cc([C@H]2Oc3c(OC)cc(/C=C/COC(C)=O)cc3[C@@H]2COC(C)=O)ccc1O[C@@H]1O[C@H](COC(C)=O)[C@@H](OC(C)=O)[C@H](OC(C)=O)[C@H]1OC(C)=O. The van der Waals surface area contributed by atoms with E-state index >= 15 is 0 Å². The minimum Gasteiger partial charge on any atom is -0.493 e. The van der Waals surface area contributed by atoms with Crippen molar-refractivity contribution in [1.29, 1.82) is 0 Å². The fourth-order valence-electron chi connectivity index (χ4n) is 6.07. The van der Waals surface area contributed by atoms with Crippen LogP contribution in [0, 0.1) is 0 Å². The molecule has 7 atom stereocenters. The average Bonchev–Trinajstić information content (AvgIpc) is 3.48. The maximum Gasteiger partial charge on any atom is 0.303 e. The molecule has 0 amide bonds. The van der Waals surface area contributed by atoms with Gasteiger partial charge >= 0.3 is 35.8 Å². The molecule has 0 unspecified atom stereocenters. The molecule has 2 aromatic carbocycles. The summed E-state index contributed by atoms with van der Waals surface area (Å²) in [6.45, 7) is 6.69. The predicted molar refractivity (Wildman–Crippen MR) is 187 cm³/mol. The van der Waals surface area contributed by atoms with E-state index in [4.69, 9.17) is 52.1 Å². The first-order chi connectivity index (χ1) is 26.1. The minimum absolute atomic E-state index is 0.0535. The highest BCUT2D eigenvalue weighted by Crippen LogP contribution is 2.52. The Hall–Kier alpha value is -5.84. The Balaban J connectivity index is 1.72. The number of ether oxygens (including phenoxy) is 11. The maximum absolute atomic E-state index is 12.3. The van der Waals surface area contributed by atoms with Gasteiger partial charge in [-0.05, 0) is 41.5 Å². The molecule has 0 saturated carbocycles.